The highest BCUT2D eigenvalue weighted by molar-refractivity contribution is 5.93. The van der Waals surface area contributed by atoms with Gasteiger partial charge in [-0.05, 0) is 23.0 Å². The van der Waals surface area contributed by atoms with E-state index in [0.29, 0.717) is 6.42 Å². The van der Waals surface area contributed by atoms with E-state index in [2.05, 4.69) is 10.3 Å². The molecule has 0 aliphatic carbocycles. The lowest BCUT2D eigenvalue weighted by atomic mass is 10.1. The number of carbonyl (C=O) groups excluding carboxylic acids is 1. The number of H-pyrrole nitrogens is 1. The first-order valence-electron chi connectivity index (χ1n) is 6.39. The Morgan fingerprint density at radius 3 is 2.57 bits per heavy atom. The summed E-state index contributed by atoms with van der Waals surface area (Å²) in [4.78, 5) is 24.3. The highest BCUT2D eigenvalue weighted by Crippen LogP contribution is 2.10. The van der Waals surface area contributed by atoms with Crippen molar-refractivity contribution in [1.29, 1.82) is 0 Å². The summed E-state index contributed by atoms with van der Waals surface area (Å²) in [6.45, 7) is -0.219. The van der Waals surface area contributed by atoms with Crippen LogP contribution in [0.15, 0.2) is 42.5 Å². The second kappa shape index (κ2) is 6.67. The molecule has 0 bridgehead atoms. The van der Waals surface area contributed by atoms with Crippen LogP contribution < -0.4 is 5.32 Å². The fourth-order valence-electron chi connectivity index (χ4n) is 1.95. The number of benzene rings is 1. The number of hydrogen-bond donors (Lipinski definition) is 3. The first-order valence-corrected chi connectivity index (χ1v) is 6.39. The Morgan fingerprint density at radius 2 is 2.00 bits per heavy atom. The van der Waals surface area contributed by atoms with Gasteiger partial charge in [0.15, 0.2) is 5.69 Å². The Bertz CT molecular complexity index is 624. The van der Waals surface area contributed by atoms with Crippen LogP contribution in [0.25, 0.3) is 0 Å². The van der Waals surface area contributed by atoms with Gasteiger partial charge in [0.2, 0.25) is 0 Å². The summed E-state index contributed by atoms with van der Waals surface area (Å²) in [5.41, 5.74) is 1.07. The fourth-order valence-corrected chi connectivity index (χ4v) is 1.95. The summed E-state index contributed by atoms with van der Waals surface area (Å²) in [6, 6.07) is 11.5. The van der Waals surface area contributed by atoms with Crippen LogP contribution in [0.1, 0.15) is 16.1 Å². The van der Waals surface area contributed by atoms with Gasteiger partial charge in [-0.2, -0.15) is 0 Å². The molecule has 1 aromatic carbocycles. The molecular weight excluding hydrogens is 274 g/mol. The first kappa shape index (κ1) is 14.7. The molecule has 0 saturated heterocycles. The molecule has 21 heavy (non-hydrogen) atoms. The third-order valence-electron chi connectivity index (χ3n) is 2.99. The Labute approximate surface area is 120 Å². The number of aromatic amines is 1. The zero-order valence-electron chi connectivity index (χ0n) is 11.2. The van der Waals surface area contributed by atoms with Crippen LogP contribution in [-0.4, -0.2) is 33.6 Å². The van der Waals surface area contributed by atoms with Gasteiger partial charge in [-0.15, -0.1) is 0 Å². The van der Waals surface area contributed by atoms with Crippen molar-refractivity contribution in [3.05, 3.63) is 63.8 Å². The molecule has 1 aromatic heterocycles. The van der Waals surface area contributed by atoms with Gasteiger partial charge in [-0.25, -0.2) is 4.98 Å². The van der Waals surface area contributed by atoms with Crippen molar-refractivity contribution >= 4 is 11.7 Å². The van der Waals surface area contributed by atoms with Gasteiger partial charge in [-0.3, -0.25) is 4.79 Å². The SMILES string of the molecule is O=C(N[C@@H](CO)Cc1ccccc1)c1ccc([N+](=O)[O-])[nH]1. The minimum atomic E-state index is -0.607. The van der Waals surface area contributed by atoms with E-state index in [-0.39, 0.29) is 18.1 Å². The molecule has 0 saturated carbocycles. The van der Waals surface area contributed by atoms with Crippen molar-refractivity contribution < 1.29 is 14.8 Å². The number of nitrogens with zero attached hydrogens (tertiary/aromatic N) is 1. The van der Waals surface area contributed by atoms with Gasteiger partial charge in [-0.1, -0.05) is 30.3 Å². The predicted octanol–water partition coefficient (Wildman–Crippen LogP) is 1.26. The Morgan fingerprint density at radius 1 is 1.29 bits per heavy atom. The van der Waals surface area contributed by atoms with Gasteiger partial charge < -0.3 is 20.5 Å². The van der Waals surface area contributed by atoms with Crippen LogP contribution in [0.5, 0.6) is 0 Å². The molecule has 1 heterocycles. The van der Waals surface area contributed by atoms with E-state index in [1.807, 2.05) is 30.3 Å². The number of aliphatic hydroxyl groups is 1. The van der Waals surface area contributed by atoms with E-state index in [1.54, 1.807) is 0 Å². The molecule has 0 radical (unpaired) electrons. The summed E-state index contributed by atoms with van der Waals surface area (Å²) in [7, 11) is 0. The fraction of sp³-hybridized carbons (Fsp3) is 0.214. The monoisotopic (exact) mass is 289 g/mol. The van der Waals surface area contributed by atoms with Crippen molar-refractivity contribution in [3.8, 4) is 0 Å². The minimum absolute atomic E-state index is 0.0909. The van der Waals surface area contributed by atoms with Crippen LogP contribution in [0.2, 0.25) is 0 Å². The largest absolute Gasteiger partial charge is 0.394 e. The number of carbonyl (C=O) groups is 1. The molecule has 0 unspecified atom stereocenters. The molecule has 0 aliphatic rings. The summed E-state index contributed by atoms with van der Waals surface area (Å²) in [6.07, 6.45) is 0.478. The van der Waals surface area contributed by atoms with Gasteiger partial charge in [0.05, 0.1) is 12.6 Å². The molecule has 7 heteroatoms. The maximum absolute atomic E-state index is 12.0. The maximum Gasteiger partial charge on any atom is 0.321 e. The van der Waals surface area contributed by atoms with Crippen molar-refractivity contribution in [2.75, 3.05) is 6.61 Å². The molecule has 2 rings (SSSR count). The summed E-state index contributed by atoms with van der Waals surface area (Å²) >= 11 is 0. The molecule has 0 fully saturated rings. The summed E-state index contributed by atoms with van der Waals surface area (Å²) in [5.74, 6) is -0.734. The highest BCUT2D eigenvalue weighted by Gasteiger charge is 2.18. The average Bonchev–Trinajstić information content (AvgIpc) is 2.97. The van der Waals surface area contributed by atoms with Crippen molar-refractivity contribution in [3.63, 3.8) is 0 Å². The molecule has 1 atom stereocenters. The molecular formula is C14H15N3O4. The van der Waals surface area contributed by atoms with E-state index in [4.69, 9.17) is 0 Å². The number of nitrogens with one attached hydrogen (secondary N) is 2. The molecule has 1 amide bonds. The van der Waals surface area contributed by atoms with Gasteiger partial charge >= 0.3 is 5.82 Å². The minimum Gasteiger partial charge on any atom is -0.394 e. The number of rotatable bonds is 6. The van der Waals surface area contributed by atoms with Crippen LogP contribution in [0.4, 0.5) is 5.82 Å². The quantitative estimate of drug-likeness (QED) is 0.549. The topological polar surface area (TPSA) is 108 Å². The smallest absolute Gasteiger partial charge is 0.321 e. The average molecular weight is 289 g/mol. The lowest BCUT2D eigenvalue weighted by Gasteiger charge is -2.15. The molecule has 0 spiro atoms. The Balaban J connectivity index is 2.00. The molecule has 110 valence electrons. The second-order valence-electron chi connectivity index (χ2n) is 4.56. The lowest BCUT2D eigenvalue weighted by molar-refractivity contribution is -0.389. The Hall–Kier alpha value is -2.67. The van der Waals surface area contributed by atoms with Gasteiger partial charge in [0, 0.05) is 6.07 Å². The van der Waals surface area contributed by atoms with Crippen LogP contribution in [0.3, 0.4) is 0 Å². The molecule has 2 aromatic rings. The summed E-state index contributed by atoms with van der Waals surface area (Å²) in [5, 5.41) is 22.5. The third kappa shape index (κ3) is 3.90. The van der Waals surface area contributed by atoms with Crippen LogP contribution >= 0.6 is 0 Å². The van der Waals surface area contributed by atoms with Gasteiger partial charge in [0.25, 0.3) is 5.91 Å². The normalized spacial score (nSPS) is 11.9. The van der Waals surface area contributed by atoms with Crippen LogP contribution in [0, 0.1) is 10.1 Å². The molecule has 7 nitrogen and oxygen atoms in total. The van der Waals surface area contributed by atoms with Crippen molar-refractivity contribution in [2.24, 2.45) is 0 Å². The number of amides is 1. The first-order chi connectivity index (χ1) is 10.1. The van der Waals surface area contributed by atoms with E-state index in [1.165, 1.54) is 12.1 Å². The molecule has 0 aliphatic heterocycles. The zero-order chi connectivity index (χ0) is 15.2. The van der Waals surface area contributed by atoms with E-state index >= 15 is 0 Å². The maximum atomic E-state index is 12.0. The number of nitro groups is 1. The van der Waals surface area contributed by atoms with E-state index in [0.717, 1.165) is 5.56 Å². The highest BCUT2D eigenvalue weighted by atomic mass is 16.6. The van der Waals surface area contributed by atoms with E-state index in [9.17, 15) is 20.0 Å². The summed E-state index contributed by atoms with van der Waals surface area (Å²) < 4.78 is 0. The van der Waals surface area contributed by atoms with Gasteiger partial charge in [0.1, 0.15) is 0 Å². The zero-order valence-corrected chi connectivity index (χ0v) is 11.2. The van der Waals surface area contributed by atoms with Crippen LogP contribution in [-0.2, 0) is 6.42 Å². The number of hydrogen-bond acceptors (Lipinski definition) is 4. The van der Waals surface area contributed by atoms with Crippen molar-refractivity contribution in [2.45, 2.75) is 12.5 Å². The lowest BCUT2D eigenvalue weighted by Crippen LogP contribution is -2.39. The third-order valence-corrected chi connectivity index (χ3v) is 2.99. The molecule has 3 N–H and O–H groups in total. The van der Waals surface area contributed by atoms with E-state index < -0.39 is 16.9 Å². The number of aliphatic hydroxyl groups excluding tert-OH is 1. The van der Waals surface area contributed by atoms with Crippen molar-refractivity contribution in [1.82, 2.24) is 10.3 Å². The Kier molecular flexibility index (Phi) is 4.68. The predicted molar refractivity (Wildman–Crippen MR) is 75.9 cm³/mol. The number of aromatic nitrogens is 1. The second-order valence-corrected chi connectivity index (χ2v) is 4.56. The standard InChI is InChI=1S/C14H15N3O4/c18-9-11(8-10-4-2-1-3-5-10)15-14(19)12-6-7-13(16-12)17(20)21/h1-7,11,16,18H,8-9H2,(H,15,19)/t11-/m1/s1.